The number of carbonyl (C=O) groups excluding carboxylic acids is 1. The Morgan fingerprint density at radius 3 is 2.26 bits per heavy atom. The molecule has 0 aromatic carbocycles. The van der Waals surface area contributed by atoms with Crippen molar-refractivity contribution in [2.45, 2.75) is 107 Å². The van der Waals surface area contributed by atoms with Crippen LogP contribution in [0.2, 0.25) is 0 Å². The molecule has 0 amide bonds. The van der Waals surface area contributed by atoms with Crippen LogP contribution in [-0.4, -0.2) is 31.9 Å². The smallest absolute Gasteiger partial charge is 0.303 e. The summed E-state index contributed by atoms with van der Waals surface area (Å²) in [6, 6.07) is 0. The second-order valence-corrected chi connectivity index (χ2v) is 13.0. The van der Waals surface area contributed by atoms with Gasteiger partial charge in [-0.15, -0.1) is 0 Å². The van der Waals surface area contributed by atoms with E-state index in [9.17, 15) is 9.90 Å². The lowest BCUT2D eigenvalue weighted by Gasteiger charge is -2.53. The van der Waals surface area contributed by atoms with Crippen molar-refractivity contribution in [1.82, 2.24) is 0 Å². The molecule has 1 N–H and O–H groups in total. The maximum absolute atomic E-state index is 12.0. The number of ether oxygens (including phenoxy) is 1. The zero-order valence-electron chi connectivity index (χ0n) is 17.5. The predicted octanol–water partition coefficient (Wildman–Crippen LogP) is 5.99. The molecule has 5 heteroatoms. The van der Waals surface area contributed by atoms with E-state index in [0.717, 1.165) is 51.4 Å². The zero-order valence-corrected chi connectivity index (χ0v) is 20.7. The summed E-state index contributed by atoms with van der Waals surface area (Å²) in [5.41, 5.74) is -0.834. The van der Waals surface area contributed by atoms with Gasteiger partial charge in [0.15, 0.2) is 0 Å². The number of hydrogen-bond donors (Lipinski definition) is 1. The van der Waals surface area contributed by atoms with E-state index in [1.54, 1.807) is 6.92 Å². The summed E-state index contributed by atoms with van der Waals surface area (Å²) in [5.74, 6) is 0.473. The van der Waals surface area contributed by atoms with Crippen LogP contribution in [0.4, 0.5) is 0 Å². The van der Waals surface area contributed by atoms with Crippen molar-refractivity contribution in [1.29, 1.82) is 0 Å². The van der Waals surface area contributed by atoms with Crippen molar-refractivity contribution in [3.63, 3.8) is 0 Å². The third kappa shape index (κ3) is 4.03. The van der Waals surface area contributed by atoms with Crippen molar-refractivity contribution in [2.75, 3.05) is 0 Å². The normalized spacial score (nSPS) is 49.5. The van der Waals surface area contributed by atoms with Crippen LogP contribution < -0.4 is 0 Å². The van der Waals surface area contributed by atoms with Crippen LogP contribution >= 0.6 is 31.9 Å². The molecular formula is C22H36Br2O3. The fourth-order valence-corrected chi connectivity index (χ4v) is 8.08. The summed E-state index contributed by atoms with van der Waals surface area (Å²) in [5, 5.41) is 11.3. The fraction of sp³-hybridized carbons (Fsp3) is 0.955. The molecule has 7 unspecified atom stereocenters. The molecule has 0 heterocycles. The molecule has 0 saturated heterocycles. The summed E-state index contributed by atoms with van der Waals surface area (Å²) in [4.78, 5) is 12.9. The van der Waals surface area contributed by atoms with E-state index >= 15 is 0 Å². The minimum absolute atomic E-state index is 0.0860. The Kier molecular flexibility index (Phi) is 5.94. The first-order valence-corrected chi connectivity index (χ1v) is 12.3. The molecule has 3 fully saturated rings. The summed E-state index contributed by atoms with van der Waals surface area (Å²) in [7, 11) is 0. The van der Waals surface area contributed by atoms with E-state index < -0.39 is 11.2 Å². The van der Waals surface area contributed by atoms with Crippen LogP contribution in [0.25, 0.3) is 0 Å². The molecule has 3 aliphatic rings. The van der Waals surface area contributed by atoms with Crippen molar-refractivity contribution in [3.8, 4) is 0 Å². The molecule has 3 nitrogen and oxygen atoms in total. The van der Waals surface area contributed by atoms with E-state index in [4.69, 9.17) is 4.74 Å². The van der Waals surface area contributed by atoms with Crippen LogP contribution in [0.1, 0.15) is 86.0 Å². The van der Waals surface area contributed by atoms with Crippen molar-refractivity contribution >= 4 is 37.8 Å². The lowest BCUT2D eigenvalue weighted by Crippen LogP contribution is -2.54. The first-order valence-electron chi connectivity index (χ1n) is 10.5. The van der Waals surface area contributed by atoms with Gasteiger partial charge in [-0.25, -0.2) is 0 Å². The summed E-state index contributed by atoms with van der Waals surface area (Å²) >= 11 is 7.78. The van der Waals surface area contributed by atoms with Crippen molar-refractivity contribution in [3.05, 3.63) is 0 Å². The molecule has 27 heavy (non-hydrogen) atoms. The van der Waals surface area contributed by atoms with Crippen molar-refractivity contribution in [2.24, 2.45) is 22.7 Å². The van der Waals surface area contributed by atoms with Gasteiger partial charge in [-0.1, -0.05) is 52.6 Å². The van der Waals surface area contributed by atoms with Gasteiger partial charge in [0.1, 0.15) is 5.60 Å². The average Bonchev–Trinajstić information content (AvgIpc) is 2.86. The highest BCUT2D eigenvalue weighted by Gasteiger charge is 2.60. The summed E-state index contributed by atoms with van der Waals surface area (Å²) in [6.07, 6.45) is 7.81. The number of fused-ring (bicyclic) bond motifs is 1. The van der Waals surface area contributed by atoms with Gasteiger partial charge in [-0.2, -0.15) is 0 Å². The third-order valence-electron chi connectivity index (χ3n) is 8.00. The lowest BCUT2D eigenvalue weighted by atomic mass is 9.58. The van der Waals surface area contributed by atoms with Gasteiger partial charge in [-0.05, 0) is 81.0 Å². The van der Waals surface area contributed by atoms with E-state index in [1.165, 1.54) is 0 Å². The maximum atomic E-state index is 12.0. The van der Waals surface area contributed by atoms with E-state index in [0.29, 0.717) is 15.6 Å². The average molecular weight is 508 g/mol. The van der Waals surface area contributed by atoms with Crippen LogP contribution in [0, 0.1) is 22.7 Å². The number of esters is 1. The highest BCUT2D eigenvalue weighted by atomic mass is 79.9. The Hall–Kier alpha value is 0.390. The second-order valence-electron chi connectivity index (χ2n) is 10.8. The maximum Gasteiger partial charge on any atom is 0.303 e. The Bertz CT molecular complexity index is 590. The molecule has 156 valence electrons. The number of alkyl halides is 2. The third-order valence-corrected chi connectivity index (χ3v) is 11.2. The van der Waals surface area contributed by atoms with Gasteiger partial charge in [0.05, 0.1) is 5.60 Å². The topological polar surface area (TPSA) is 46.5 Å². The number of carbonyl (C=O) groups is 1. The van der Waals surface area contributed by atoms with Crippen molar-refractivity contribution < 1.29 is 14.6 Å². The predicted molar refractivity (Wildman–Crippen MR) is 116 cm³/mol. The molecule has 0 aliphatic heterocycles. The van der Waals surface area contributed by atoms with Gasteiger partial charge in [0.25, 0.3) is 0 Å². The number of rotatable bonds is 3. The first kappa shape index (κ1) is 22.1. The van der Waals surface area contributed by atoms with Crippen LogP contribution in [-0.2, 0) is 9.53 Å². The van der Waals surface area contributed by atoms with Gasteiger partial charge in [0, 0.05) is 16.6 Å². The molecule has 0 bridgehead atoms. The molecule has 3 saturated carbocycles. The van der Waals surface area contributed by atoms with Crippen LogP contribution in [0.5, 0.6) is 0 Å². The van der Waals surface area contributed by atoms with E-state index in [2.05, 4.69) is 52.6 Å². The van der Waals surface area contributed by atoms with Crippen LogP contribution in [0.15, 0.2) is 0 Å². The zero-order chi connectivity index (χ0) is 20.3. The highest BCUT2D eigenvalue weighted by molar-refractivity contribution is 9.09. The molecule has 0 radical (unpaired) electrons. The van der Waals surface area contributed by atoms with Gasteiger partial charge >= 0.3 is 5.97 Å². The molecule has 3 aliphatic carbocycles. The Balaban J connectivity index is 1.89. The Morgan fingerprint density at radius 2 is 1.67 bits per heavy atom. The quantitative estimate of drug-likeness (QED) is 0.376. The lowest BCUT2D eigenvalue weighted by molar-refractivity contribution is -0.171. The minimum Gasteiger partial charge on any atom is -0.459 e. The SMILES string of the molecule is CC(=O)OC1(CC2CCC3(C)C(Br)CCC(C)(O)C23)CCC(Br)C(C)(C)C1. The molecule has 3 rings (SSSR count). The second kappa shape index (κ2) is 7.27. The van der Waals surface area contributed by atoms with Crippen LogP contribution in [0.3, 0.4) is 0 Å². The largest absolute Gasteiger partial charge is 0.459 e. The number of hydrogen-bond acceptors (Lipinski definition) is 3. The number of halogens is 2. The Morgan fingerprint density at radius 1 is 1.04 bits per heavy atom. The highest BCUT2D eigenvalue weighted by Crippen LogP contribution is 2.62. The van der Waals surface area contributed by atoms with Gasteiger partial charge < -0.3 is 9.84 Å². The van der Waals surface area contributed by atoms with E-state index in [1.807, 2.05) is 6.92 Å². The number of aliphatic hydroxyl groups is 1. The van der Waals surface area contributed by atoms with E-state index in [-0.39, 0.29) is 22.7 Å². The fourth-order valence-electron chi connectivity index (χ4n) is 6.95. The molecule has 7 atom stereocenters. The van der Waals surface area contributed by atoms with Gasteiger partial charge in [0.2, 0.25) is 0 Å². The Labute approximate surface area is 181 Å². The molecule has 0 aromatic rings. The molecule has 0 spiro atoms. The molecular weight excluding hydrogens is 472 g/mol. The summed E-state index contributed by atoms with van der Waals surface area (Å²) in [6.45, 7) is 10.5. The monoisotopic (exact) mass is 506 g/mol. The standard InChI is InChI=1S/C22H36Br2O3/c1-14(25)27-22(11-8-16(23)19(2,3)13-22)12-15-6-9-20(4)17(24)7-10-21(5,26)18(15)20/h15-18,26H,6-13H2,1-5H3. The minimum atomic E-state index is -0.639. The first-order chi connectivity index (χ1) is 12.3. The van der Waals surface area contributed by atoms with Gasteiger partial charge in [-0.3, -0.25) is 4.79 Å². The molecule has 0 aromatic heterocycles. The summed E-state index contributed by atoms with van der Waals surface area (Å²) < 4.78 is 6.08.